The molecule has 4 rings (SSSR count). The average Bonchev–Trinajstić information content (AvgIpc) is 2.96. The summed E-state index contributed by atoms with van der Waals surface area (Å²) in [7, 11) is 0. The molecular formula is C21H26N4O3. The van der Waals surface area contributed by atoms with E-state index in [0.29, 0.717) is 53.8 Å². The zero-order valence-electron chi connectivity index (χ0n) is 16.2. The highest BCUT2D eigenvalue weighted by molar-refractivity contribution is 6.03. The highest BCUT2D eigenvalue weighted by Gasteiger charge is 2.17. The smallest absolute Gasteiger partial charge is 0.274 e. The standard InChI is InChI=1S/C21H26N4O3/c1-14-22-17(13-20(23-14)24-15-6-4-2-3-5-7-15)21(26)25-16-8-9-18-19(12-16)28-11-10-27-18/h8-9,12-13,15H,2-7,10-11H2,1H3,(H,25,26)(H,22,23,24). The van der Waals surface area contributed by atoms with Gasteiger partial charge in [0, 0.05) is 23.9 Å². The second-order valence-electron chi connectivity index (χ2n) is 7.33. The number of hydrogen-bond donors (Lipinski definition) is 2. The maximum absolute atomic E-state index is 12.7. The second kappa shape index (κ2) is 8.46. The molecule has 0 unspecified atom stereocenters. The third-order valence-corrected chi connectivity index (χ3v) is 5.08. The van der Waals surface area contributed by atoms with Gasteiger partial charge >= 0.3 is 0 Å². The Labute approximate surface area is 164 Å². The van der Waals surface area contributed by atoms with Crippen LogP contribution >= 0.6 is 0 Å². The van der Waals surface area contributed by atoms with Crippen LogP contribution in [0.15, 0.2) is 24.3 Å². The van der Waals surface area contributed by atoms with Crippen LogP contribution in [0.3, 0.4) is 0 Å². The Bertz CT molecular complexity index is 848. The Kier molecular flexibility index (Phi) is 5.60. The number of fused-ring (bicyclic) bond motifs is 1. The van der Waals surface area contributed by atoms with Crippen LogP contribution in [-0.4, -0.2) is 35.1 Å². The molecule has 148 valence electrons. The summed E-state index contributed by atoms with van der Waals surface area (Å²) in [6.07, 6.45) is 7.34. The van der Waals surface area contributed by atoms with Crippen molar-refractivity contribution in [2.75, 3.05) is 23.8 Å². The normalized spacial score (nSPS) is 16.9. The van der Waals surface area contributed by atoms with Crippen molar-refractivity contribution in [3.05, 3.63) is 35.8 Å². The number of hydrogen-bond acceptors (Lipinski definition) is 6. The van der Waals surface area contributed by atoms with E-state index < -0.39 is 0 Å². The molecule has 1 amide bonds. The van der Waals surface area contributed by atoms with Crippen molar-refractivity contribution in [3.8, 4) is 11.5 Å². The number of benzene rings is 1. The van der Waals surface area contributed by atoms with Crippen molar-refractivity contribution in [2.45, 2.75) is 51.5 Å². The van der Waals surface area contributed by atoms with Crippen molar-refractivity contribution in [1.82, 2.24) is 9.97 Å². The van der Waals surface area contributed by atoms with Crippen molar-refractivity contribution in [1.29, 1.82) is 0 Å². The largest absolute Gasteiger partial charge is 0.486 e. The molecule has 1 aromatic carbocycles. The van der Waals surface area contributed by atoms with Gasteiger partial charge in [-0.05, 0) is 31.9 Å². The predicted molar refractivity (Wildman–Crippen MR) is 107 cm³/mol. The van der Waals surface area contributed by atoms with Gasteiger partial charge in [-0.25, -0.2) is 9.97 Å². The summed E-state index contributed by atoms with van der Waals surface area (Å²) in [4.78, 5) is 21.5. The summed E-state index contributed by atoms with van der Waals surface area (Å²) in [6.45, 7) is 2.85. The Morgan fingerprint density at radius 1 is 1.00 bits per heavy atom. The number of nitrogens with zero attached hydrogens (tertiary/aromatic N) is 2. The summed E-state index contributed by atoms with van der Waals surface area (Å²) in [5.41, 5.74) is 0.988. The summed E-state index contributed by atoms with van der Waals surface area (Å²) >= 11 is 0. The van der Waals surface area contributed by atoms with Crippen LogP contribution in [0.4, 0.5) is 11.5 Å². The first-order chi connectivity index (χ1) is 13.7. The number of amides is 1. The van der Waals surface area contributed by atoms with Crippen LogP contribution in [0.2, 0.25) is 0 Å². The van der Waals surface area contributed by atoms with E-state index in [1.807, 2.05) is 0 Å². The van der Waals surface area contributed by atoms with Crippen molar-refractivity contribution >= 4 is 17.4 Å². The topological polar surface area (TPSA) is 85.4 Å². The van der Waals surface area contributed by atoms with Gasteiger partial charge in [-0.2, -0.15) is 0 Å². The molecule has 1 aliphatic heterocycles. The van der Waals surface area contributed by atoms with Crippen LogP contribution in [-0.2, 0) is 0 Å². The third kappa shape index (κ3) is 4.52. The van der Waals surface area contributed by atoms with E-state index >= 15 is 0 Å². The van der Waals surface area contributed by atoms with Gasteiger partial charge in [-0.15, -0.1) is 0 Å². The maximum Gasteiger partial charge on any atom is 0.274 e. The fraction of sp³-hybridized carbons (Fsp3) is 0.476. The minimum absolute atomic E-state index is 0.272. The quantitative estimate of drug-likeness (QED) is 0.779. The first-order valence-corrected chi connectivity index (χ1v) is 10.0. The maximum atomic E-state index is 12.7. The molecule has 1 saturated carbocycles. The number of aromatic nitrogens is 2. The zero-order chi connectivity index (χ0) is 19.3. The molecule has 1 fully saturated rings. The van der Waals surface area contributed by atoms with Crippen LogP contribution in [0, 0.1) is 6.92 Å². The molecule has 0 radical (unpaired) electrons. The molecule has 2 aliphatic rings. The van der Waals surface area contributed by atoms with Gasteiger partial charge in [0.2, 0.25) is 0 Å². The summed E-state index contributed by atoms with van der Waals surface area (Å²) < 4.78 is 11.1. The van der Waals surface area contributed by atoms with Gasteiger partial charge in [-0.1, -0.05) is 25.7 Å². The SMILES string of the molecule is Cc1nc(NC2CCCCCC2)cc(C(=O)Nc2ccc3c(c2)OCCO3)n1. The molecule has 2 heterocycles. The van der Waals surface area contributed by atoms with Crippen LogP contribution in [0.1, 0.15) is 54.8 Å². The molecule has 0 bridgehead atoms. The molecule has 0 spiro atoms. The molecule has 7 nitrogen and oxygen atoms in total. The summed E-state index contributed by atoms with van der Waals surface area (Å²) in [6, 6.07) is 7.50. The fourth-order valence-electron chi connectivity index (χ4n) is 3.71. The average molecular weight is 382 g/mol. The van der Waals surface area contributed by atoms with E-state index in [2.05, 4.69) is 20.6 Å². The number of aryl methyl sites for hydroxylation is 1. The molecule has 2 N–H and O–H groups in total. The second-order valence-corrected chi connectivity index (χ2v) is 7.33. The number of anilines is 2. The molecule has 28 heavy (non-hydrogen) atoms. The predicted octanol–water partition coefficient (Wildman–Crippen LogP) is 3.94. The summed E-state index contributed by atoms with van der Waals surface area (Å²) in [5, 5.41) is 6.38. The lowest BCUT2D eigenvalue weighted by Gasteiger charge is -2.19. The molecule has 7 heteroatoms. The zero-order valence-corrected chi connectivity index (χ0v) is 16.2. The highest BCUT2D eigenvalue weighted by atomic mass is 16.6. The Hall–Kier alpha value is -2.83. The van der Waals surface area contributed by atoms with Gasteiger partial charge in [0.05, 0.1) is 0 Å². The first-order valence-electron chi connectivity index (χ1n) is 10.0. The van der Waals surface area contributed by atoms with E-state index in [9.17, 15) is 4.79 Å². The number of rotatable bonds is 4. The minimum Gasteiger partial charge on any atom is -0.486 e. The molecule has 1 aromatic heterocycles. The van der Waals surface area contributed by atoms with Gasteiger partial charge in [0.15, 0.2) is 11.5 Å². The van der Waals surface area contributed by atoms with E-state index in [4.69, 9.17) is 9.47 Å². The van der Waals surface area contributed by atoms with Crippen molar-refractivity contribution in [2.24, 2.45) is 0 Å². The molecule has 0 saturated heterocycles. The Balaban J connectivity index is 1.47. The van der Waals surface area contributed by atoms with E-state index in [0.717, 1.165) is 12.8 Å². The first kappa shape index (κ1) is 18.5. The fourth-order valence-corrected chi connectivity index (χ4v) is 3.71. The number of carbonyl (C=O) groups is 1. The van der Waals surface area contributed by atoms with Gasteiger partial charge < -0.3 is 20.1 Å². The van der Waals surface area contributed by atoms with E-state index in [-0.39, 0.29) is 5.91 Å². The van der Waals surface area contributed by atoms with Gasteiger partial charge in [-0.3, -0.25) is 4.79 Å². The van der Waals surface area contributed by atoms with Crippen LogP contribution < -0.4 is 20.1 Å². The van der Waals surface area contributed by atoms with E-state index in [1.54, 1.807) is 31.2 Å². The van der Waals surface area contributed by atoms with Gasteiger partial charge in [0.1, 0.15) is 30.5 Å². The van der Waals surface area contributed by atoms with Crippen molar-refractivity contribution < 1.29 is 14.3 Å². The third-order valence-electron chi connectivity index (χ3n) is 5.08. The highest BCUT2D eigenvalue weighted by Crippen LogP contribution is 2.32. The van der Waals surface area contributed by atoms with E-state index in [1.165, 1.54) is 25.7 Å². The molecule has 1 aliphatic carbocycles. The van der Waals surface area contributed by atoms with Crippen LogP contribution in [0.5, 0.6) is 11.5 Å². The Morgan fingerprint density at radius 2 is 1.75 bits per heavy atom. The number of carbonyl (C=O) groups excluding carboxylic acids is 1. The van der Waals surface area contributed by atoms with Gasteiger partial charge in [0.25, 0.3) is 5.91 Å². The molecule has 0 atom stereocenters. The molecule has 2 aromatic rings. The lowest BCUT2D eigenvalue weighted by atomic mass is 10.1. The lowest BCUT2D eigenvalue weighted by molar-refractivity contribution is 0.102. The lowest BCUT2D eigenvalue weighted by Crippen LogP contribution is -2.21. The summed E-state index contributed by atoms with van der Waals surface area (Å²) in [5.74, 6) is 2.35. The monoisotopic (exact) mass is 382 g/mol. The molecular weight excluding hydrogens is 356 g/mol. The number of ether oxygens (including phenoxy) is 2. The van der Waals surface area contributed by atoms with Crippen LogP contribution in [0.25, 0.3) is 0 Å². The Morgan fingerprint density at radius 3 is 2.54 bits per heavy atom. The van der Waals surface area contributed by atoms with Crippen molar-refractivity contribution in [3.63, 3.8) is 0 Å². The minimum atomic E-state index is -0.272. The number of nitrogens with one attached hydrogen (secondary N) is 2.